The third-order valence-electron chi connectivity index (χ3n) is 4.34. The van der Waals surface area contributed by atoms with E-state index in [2.05, 4.69) is 0 Å². The van der Waals surface area contributed by atoms with Crippen LogP contribution in [0, 0.1) is 0 Å². The predicted molar refractivity (Wildman–Crippen MR) is 105 cm³/mol. The second-order valence-electron chi connectivity index (χ2n) is 6.31. The SMILES string of the molecule is O=C1OC[C@H](Cc2ccccc2)N1C(=O)/C(=C\Cl)S(=O)(=O)Cc1ccccc1. The Morgan fingerprint density at radius 3 is 2.21 bits per heavy atom. The van der Waals surface area contributed by atoms with Gasteiger partial charge in [-0.1, -0.05) is 72.3 Å². The van der Waals surface area contributed by atoms with Gasteiger partial charge in [0.2, 0.25) is 0 Å². The highest BCUT2D eigenvalue weighted by atomic mass is 35.5. The molecule has 0 N–H and O–H groups in total. The standard InChI is InChI=1S/C20H18ClNO5S/c21-12-18(28(25,26)14-16-9-5-2-6-10-16)19(23)22-17(13-27-20(22)24)11-15-7-3-1-4-8-15/h1-10,12,17H,11,13-14H2/b18-12+/t17-/m0/s1. The molecule has 1 saturated heterocycles. The van der Waals surface area contributed by atoms with Crippen molar-refractivity contribution >= 4 is 33.4 Å². The fourth-order valence-corrected chi connectivity index (χ4v) is 4.77. The number of rotatable bonds is 6. The molecule has 0 aliphatic carbocycles. The number of ether oxygens (including phenoxy) is 1. The van der Waals surface area contributed by atoms with E-state index in [0.29, 0.717) is 17.5 Å². The van der Waals surface area contributed by atoms with Crippen molar-refractivity contribution in [1.82, 2.24) is 4.90 Å². The lowest BCUT2D eigenvalue weighted by molar-refractivity contribution is -0.124. The number of imide groups is 1. The molecule has 0 bridgehead atoms. The van der Waals surface area contributed by atoms with Gasteiger partial charge in [-0.05, 0) is 17.5 Å². The van der Waals surface area contributed by atoms with E-state index < -0.39 is 38.5 Å². The first-order valence-corrected chi connectivity index (χ1v) is 10.6. The Hall–Kier alpha value is -2.64. The molecule has 1 aliphatic rings. The van der Waals surface area contributed by atoms with E-state index in [-0.39, 0.29) is 6.61 Å². The first kappa shape index (κ1) is 20.1. The van der Waals surface area contributed by atoms with E-state index >= 15 is 0 Å². The summed E-state index contributed by atoms with van der Waals surface area (Å²) in [5.74, 6) is -1.38. The number of hydrogen-bond acceptors (Lipinski definition) is 5. The van der Waals surface area contributed by atoms with E-state index in [4.69, 9.17) is 16.3 Å². The fourth-order valence-electron chi connectivity index (χ4n) is 2.98. The van der Waals surface area contributed by atoms with Crippen LogP contribution in [0.5, 0.6) is 0 Å². The minimum absolute atomic E-state index is 0.00618. The molecular formula is C20H18ClNO5S. The Balaban J connectivity index is 1.83. The molecule has 0 saturated carbocycles. The van der Waals surface area contributed by atoms with Gasteiger partial charge in [0, 0.05) is 5.54 Å². The highest BCUT2D eigenvalue weighted by Crippen LogP contribution is 2.24. The summed E-state index contributed by atoms with van der Waals surface area (Å²) in [4.78, 5) is 25.3. The summed E-state index contributed by atoms with van der Waals surface area (Å²) >= 11 is 5.71. The van der Waals surface area contributed by atoms with Gasteiger partial charge < -0.3 is 4.74 Å². The Morgan fingerprint density at radius 1 is 1.07 bits per heavy atom. The third kappa shape index (κ3) is 4.43. The molecule has 0 unspecified atom stereocenters. The second kappa shape index (κ2) is 8.58. The van der Waals surface area contributed by atoms with Crippen molar-refractivity contribution in [3.05, 3.63) is 82.2 Å². The van der Waals surface area contributed by atoms with Crippen LogP contribution in [-0.4, -0.2) is 38.0 Å². The van der Waals surface area contributed by atoms with Gasteiger partial charge in [0.1, 0.15) is 11.5 Å². The quantitative estimate of drug-likeness (QED) is 0.671. The Morgan fingerprint density at radius 2 is 1.64 bits per heavy atom. The summed E-state index contributed by atoms with van der Waals surface area (Å²) in [7, 11) is -4.05. The number of carbonyl (C=O) groups excluding carboxylic acids is 2. The molecule has 1 aliphatic heterocycles. The monoisotopic (exact) mass is 419 g/mol. The number of cyclic esters (lactones) is 1. The number of sulfone groups is 1. The zero-order chi connectivity index (χ0) is 20.1. The highest BCUT2D eigenvalue weighted by molar-refractivity contribution is 7.95. The minimum Gasteiger partial charge on any atom is -0.447 e. The number of benzene rings is 2. The zero-order valence-electron chi connectivity index (χ0n) is 14.8. The Labute approximate surface area is 168 Å². The van der Waals surface area contributed by atoms with Crippen molar-refractivity contribution in [2.24, 2.45) is 0 Å². The van der Waals surface area contributed by atoms with Crippen LogP contribution in [0.1, 0.15) is 11.1 Å². The Bertz CT molecular complexity index is 990. The normalized spacial score (nSPS) is 17.5. The molecule has 2 aromatic rings. The maximum Gasteiger partial charge on any atom is 0.417 e. The predicted octanol–water partition coefficient (Wildman–Crippen LogP) is 3.27. The van der Waals surface area contributed by atoms with Crippen molar-refractivity contribution in [3.8, 4) is 0 Å². The number of nitrogens with zero attached hydrogens (tertiary/aromatic N) is 1. The maximum atomic E-state index is 12.9. The summed E-state index contributed by atoms with van der Waals surface area (Å²) in [5, 5.41) is 0. The average molecular weight is 420 g/mol. The van der Waals surface area contributed by atoms with Crippen molar-refractivity contribution < 1.29 is 22.7 Å². The van der Waals surface area contributed by atoms with E-state index in [1.54, 1.807) is 30.3 Å². The summed E-state index contributed by atoms with van der Waals surface area (Å²) in [6, 6.07) is 17.1. The average Bonchev–Trinajstić information content (AvgIpc) is 3.03. The molecule has 146 valence electrons. The first-order chi connectivity index (χ1) is 13.4. The highest BCUT2D eigenvalue weighted by Gasteiger charge is 2.42. The molecule has 28 heavy (non-hydrogen) atoms. The molecule has 1 fully saturated rings. The largest absolute Gasteiger partial charge is 0.447 e. The van der Waals surface area contributed by atoms with Crippen molar-refractivity contribution in [2.45, 2.75) is 18.2 Å². The van der Waals surface area contributed by atoms with Gasteiger partial charge >= 0.3 is 6.09 Å². The number of hydrogen-bond donors (Lipinski definition) is 0. The van der Waals surface area contributed by atoms with Crippen LogP contribution in [0.4, 0.5) is 4.79 Å². The first-order valence-electron chi connectivity index (χ1n) is 8.53. The van der Waals surface area contributed by atoms with Crippen molar-refractivity contribution in [3.63, 3.8) is 0 Å². The summed E-state index contributed by atoms with van der Waals surface area (Å²) in [5.41, 5.74) is 2.12. The molecule has 8 heteroatoms. The number of amides is 2. The van der Waals surface area contributed by atoms with Gasteiger partial charge in [0.25, 0.3) is 5.91 Å². The maximum absolute atomic E-state index is 12.9. The van der Waals surface area contributed by atoms with Crippen LogP contribution in [0.2, 0.25) is 0 Å². The van der Waals surface area contributed by atoms with Gasteiger partial charge in [0.15, 0.2) is 9.84 Å². The van der Waals surface area contributed by atoms with E-state index in [1.807, 2.05) is 30.3 Å². The molecule has 2 aromatic carbocycles. The van der Waals surface area contributed by atoms with Crippen molar-refractivity contribution in [1.29, 1.82) is 0 Å². The van der Waals surface area contributed by atoms with Gasteiger partial charge in [0.05, 0.1) is 11.8 Å². The van der Waals surface area contributed by atoms with Gasteiger partial charge in [-0.2, -0.15) is 0 Å². The molecule has 6 nitrogen and oxygen atoms in total. The molecule has 0 aromatic heterocycles. The lowest BCUT2D eigenvalue weighted by atomic mass is 10.1. The van der Waals surface area contributed by atoms with Crippen LogP contribution >= 0.6 is 11.6 Å². The van der Waals surface area contributed by atoms with Crippen LogP contribution in [0.25, 0.3) is 0 Å². The smallest absolute Gasteiger partial charge is 0.417 e. The van der Waals surface area contributed by atoms with Crippen LogP contribution in [0.3, 0.4) is 0 Å². The fraction of sp³-hybridized carbons (Fsp3) is 0.200. The lowest BCUT2D eigenvalue weighted by Gasteiger charge is -2.20. The van der Waals surface area contributed by atoms with Crippen molar-refractivity contribution in [2.75, 3.05) is 6.61 Å². The third-order valence-corrected chi connectivity index (χ3v) is 6.36. The molecule has 1 heterocycles. The van der Waals surface area contributed by atoms with Crippen LogP contribution in [-0.2, 0) is 31.5 Å². The van der Waals surface area contributed by atoms with E-state index in [9.17, 15) is 18.0 Å². The van der Waals surface area contributed by atoms with Gasteiger partial charge in [-0.15, -0.1) is 0 Å². The summed E-state index contributed by atoms with van der Waals surface area (Å²) in [6.07, 6.45) is -0.524. The molecule has 1 atom stereocenters. The lowest BCUT2D eigenvalue weighted by Crippen LogP contribution is -2.42. The zero-order valence-corrected chi connectivity index (χ0v) is 16.4. The Kier molecular flexibility index (Phi) is 6.16. The second-order valence-corrected chi connectivity index (χ2v) is 8.49. The molecule has 3 rings (SSSR count). The summed E-state index contributed by atoms with van der Waals surface area (Å²) in [6.45, 7) is -0.00618. The van der Waals surface area contributed by atoms with E-state index in [0.717, 1.165) is 10.5 Å². The topological polar surface area (TPSA) is 80.8 Å². The van der Waals surface area contributed by atoms with Gasteiger partial charge in [-0.3, -0.25) is 4.79 Å². The molecular weight excluding hydrogens is 402 g/mol. The van der Waals surface area contributed by atoms with Crippen LogP contribution < -0.4 is 0 Å². The molecule has 0 radical (unpaired) electrons. The van der Waals surface area contributed by atoms with E-state index in [1.165, 1.54) is 0 Å². The van der Waals surface area contributed by atoms with Gasteiger partial charge in [-0.25, -0.2) is 18.1 Å². The number of halogens is 1. The van der Waals surface area contributed by atoms with Crippen LogP contribution in [0.15, 0.2) is 71.1 Å². The molecule has 2 amide bonds. The number of carbonyl (C=O) groups is 2. The minimum atomic E-state index is -4.05. The summed E-state index contributed by atoms with van der Waals surface area (Å²) < 4.78 is 30.5. The molecule has 0 spiro atoms.